The average Bonchev–Trinajstić information content (AvgIpc) is 1.39. The Labute approximate surface area is 79.3 Å². The van der Waals surface area contributed by atoms with Crippen LogP contribution in [0.25, 0.3) is 0 Å². The summed E-state index contributed by atoms with van der Waals surface area (Å²) in [5.41, 5.74) is 0. The molecule has 0 aromatic carbocycles. The molecule has 0 aliphatic carbocycles. The molecule has 0 saturated heterocycles. The second kappa shape index (κ2) is 41.1. The fourth-order valence-corrected chi connectivity index (χ4v) is 0. The van der Waals surface area contributed by atoms with E-state index in [9.17, 15) is 0 Å². The van der Waals surface area contributed by atoms with Gasteiger partial charge < -0.3 is 0 Å². The average molecular weight is 290 g/mol. The smallest absolute Gasteiger partial charge is 0 e. The predicted octanol–water partition coefficient (Wildman–Crippen LogP) is 2.83. The fourth-order valence-electron chi connectivity index (χ4n) is 0. The molecule has 0 bridgehead atoms. The number of hydrogen-bond donors (Lipinski definition) is 0. The molecule has 0 spiro atoms. The molecule has 0 radical (unpaired) electrons. The van der Waals surface area contributed by atoms with Crippen LogP contribution in [0.1, 0.15) is 40.5 Å². The van der Waals surface area contributed by atoms with Crippen LogP contribution >= 0.6 is 0 Å². The summed E-state index contributed by atoms with van der Waals surface area (Å²) in [6.45, 7) is 8.50. The molecule has 2 heteroatoms. The monoisotopic (exact) mass is 292 g/mol. The Hall–Kier alpha value is 1.25. The van der Waals surface area contributed by atoms with Crippen molar-refractivity contribution in [2.24, 2.45) is 0 Å². The molecular weight excluding hydrogens is 274 g/mol. The van der Waals surface area contributed by atoms with Crippen LogP contribution in [0.5, 0.6) is 0 Å². The zero-order chi connectivity index (χ0) is 5.41. The Balaban J connectivity index is -0.0000000160. The SMILES string of the molecule is CCC.CCC.[Ru].[Ru]. The van der Waals surface area contributed by atoms with Crippen molar-refractivity contribution in [3.05, 3.63) is 0 Å². The minimum absolute atomic E-state index is 0. The van der Waals surface area contributed by atoms with Gasteiger partial charge in [0.1, 0.15) is 0 Å². The van der Waals surface area contributed by atoms with Gasteiger partial charge in [-0.3, -0.25) is 0 Å². The van der Waals surface area contributed by atoms with E-state index < -0.39 is 0 Å². The van der Waals surface area contributed by atoms with Crippen LogP contribution in [0.15, 0.2) is 0 Å². The van der Waals surface area contributed by atoms with Gasteiger partial charge in [-0.2, -0.15) is 0 Å². The summed E-state index contributed by atoms with van der Waals surface area (Å²) in [7, 11) is 0. The molecule has 0 aliphatic rings. The van der Waals surface area contributed by atoms with Crippen molar-refractivity contribution in [2.45, 2.75) is 40.5 Å². The summed E-state index contributed by atoms with van der Waals surface area (Å²) >= 11 is 0. The zero-order valence-electron chi connectivity index (χ0n) is 6.12. The normalized spacial score (nSPS) is 4.50. The quantitative estimate of drug-likeness (QED) is 0.602. The summed E-state index contributed by atoms with van der Waals surface area (Å²) in [5, 5.41) is 0. The van der Waals surface area contributed by atoms with Gasteiger partial charge in [0.15, 0.2) is 0 Å². The van der Waals surface area contributed by atoms with Gasteiger partial charge in [0.05, 0.1) is 0 Å². The molecule has 0 aromatic rings. The Bertz CT molecular complexity index is 8.49. The van der Waals surface area contributed by atoms with E-state index in [4.69, 9.17) is 0 Å². The van der Waals surface area contributed by atoms with Gasteiger partial charge in [0.2, 0.25) is 0 Å². The van der Waals surface area contributed by atoms with E-state index in [1.807, 2.05) is 0 Å². The van der Waals surface area contributed by atoms with Crippen LogP contribution in [0.2, 0.25) is 0 Å². The van der Waals surface area contributed by atoms with E-state index >= 15 is 0 Å². The van der Waals surface area contributed by atoms with Crippen LogP contribution in [0, 0.1) is 0 Å². The van der Waals surface area contributed by atoms with Crippen molar-refractivity contribution in [2.75, 3.05) is 0 Å². The van der Waals surface area contributed by atoms with E-state index in [-0.39, 0.29) is 39.0 Å². The van der Waals surface area contributed by atoms with E-state index in [0.717, 1.165) is 0 Å². The molecule has 0 heterocycles. The van der Waals surface area contributed by atoms with E-state index in [1.165, 1.54) is 12.8 Å². The maximum absolute atomic E-state index is 2.12. The largest absolute Gasteiger partial charge is 0.0656 e. The molecule has 0 saturated carbocycles. The fraction of sp³-hybridized carbons (Fsp3) is 1.00. The minimum atomic E-state index is 0. The van der Waals surface area contributed by atoms with Gasteiger partial charge in [-0.05, 0) is 0 Å². The molecule has 56 valence electrons. The van der Waals surface area contributed by atoms with Gasteiger partial charge in [-0.25, -0.2) is 0 Å². The van der Waals surface area contributed by atoms with Crippen LogP contribution < -0.4 is 0 Å². The van der Waals surface area contributed by atoms with E-state index in [1.54, 1.807) is 0 Å². The Morgan fingerprint density at radius 2 is 0.625 bits per heavy atom. The van der Waals surface area contributed by atoms with Gasteiger partial charge in [-0.1, -0.05) is 40.5 Å². The molecule has 0 atom stereocenters. The third-order valence-corrected chi connectivity index (χ3v) is 0. The predicted molar refractivity (Wildman–Crippen MR) is 31.9 cm³/mol. The molecule has 0 aliphatic heterocycles. The summed E-state index contributed by atoms with van der Waals surface area (Å²) in [5.74, 6) is 0. The summed E-state index contributed by atoms with van der Waals surface area (Å²) in [6, 6.07) is 0. The van der Waals surface area contributed by atoms with E-state index in [2.05, 4.69) is 27.7 Å². The molecule has 8 heavy (non-hydrogen) atoms. The van der Waals surface area contributed by atoms with Gasteiger partial charge in [-0.15, -0.1) is 0 Å². The minimum Gasteiger partial charge on any atom is -0.0656 e. The van der Waals surface area contributed by atoms with Crippen molar-refractivity contribution >= 4 is 0 Å². The molecule has 0 rings (SSSR count). The second-order valence-electron chi connectivity index (χ2n) is 1.41. The molecule has 0 aromatic heterocycles. The van der Waals surface area contributed by atoms with Gasteiger partial charge >= 0.3 is 0 Å². The van der Waals surface area contributed by atoms with Crippen molar-refractivity contribution in [3.63, 3.8) is 0 Å². The topological polar surface area (TPSA) is 0 Å². The van der Waals surface area contributed by atoms with Gasteiger partial charge in [0.25, 0.3) is 0 Å². The number of hydrogen-bond acceptors (Lipinski definition) is 0. The van der Waals surface area contributed by atoms with Crippen LogP contribution in [0.4, 0.5) is 0 Å². The molecule has 0 amide bonds. The third-order valence-electron chi connectivity index (χ3n) is 0. The van der Waals surface area contributed by atoms with Crippen molar-refractivity contribution in [1.29, 1.82) is 0 Å². The Kier molecular flexibility index (Phi) is 117. The molecule has 0 nitrogen and oxygen atoms in total. The first-order chi connectivity index (χ1) is 2.83. The van der Waals surface area contributed by atoms with Crippen LogP contribution in [-0.2, 0) is 39.0 Å². The van der Waals surface area contributed by atoms with Crippen LogP contribution in [-0.4, -0.2) is 0 Å². The van der Waals surface area contributed by atoms with Crippen molar-refractivity contribution < 1.29 is 39.0 Å². The van der Waals surface area contributed by atoms with Crippen molar-refractivity contribution in [3.8, 4) is 0 Å². The first kappa shape index (κ1) is 22.8. The summed E-state index contributed by atoms with van der Waals surface area (Å²) in [4.78, 5) is 0. The standard InChI is InChI=1S/2C3H8.2Ru/c2*1-3-2;;/h2*3H2,1-2H3;;. The Morgan fingerprint density at radius 3 is 0.625 bits per heavy atom. The third kappa shape index (κ3) is 182. The maximum Gasteiger partial charge on any atom is 0 e. The van der Waals surface area contributed by atoms with E-state index in [0.29, 0.717) is 0 Å². The summed E-state index contributed by atoms with van der Waals surface area (Å²) < 4.78 is 0. The molecular formula is C6H16Ru2. The van der Waals surface area contributed by atoms with Crippen molar-refractivity contribution in [1.82, 2.24) is 0 Å². The molecule has 0 fully saturated rings. The molecule has 0 N–H and O–H groups in total. The van der Waals surface area contributed by atoms with Crippen LogP contribution in [0.3, 0.4) is 0 Å². The number of rotatable bonds is 0. The zero-order valence-corrected chi connectivity index (χ0v) is 9.60. The summed E-state index contributed by atoms with van der Waals surface area (Å²) in [6.07, 6.45) is 2.50. The van der Waals surface area contributed by atoms with Gasteiger partial charge in [0, 0.05) is 39.0 Å². The first-order valence-electron chi connectivity index (χ1n) is 2.83. The second-order valence-corrected chi connectivity index (χ2v) is 1.41. The maximum atomic E-state index is 2.12. The first-order valence-corrected chi connectivity index (χ1v) is 2.83. The molecule has 0 unspecified atom stereocenters. The Morgan fingerprint density at radius 1 is 0.625 bits per heavy atom.